The van der Waals surface area contributed by atoms with Crippen LogP contribution in [0.2, 0.25) is 0 Å². The third-order valence-electron chi connectivity index (χ3n) is 2.39. The molecule has 8 nitrogen and oxygen atoms in total. The maximum absolute atomic E-state index is 10.2. The topological polar surface area (TPSA) is 110 Å². The van der Waals surface area contributed by atoms with Crippen LogP contribution in [-0.4, -0.2) is 71.3 Å². The second-order valence-electron chi connectivity index (χ2n) is 4.30. The van der Waals surface area contributed by atoms with E-state index < -0.39 is 15.9 Å². The van der Waals surface area contributed by atoms with Gasteiger partial charge in [-0.2, -0.15) is 0 Å². The second-order valence-corrected chi connectivity index (χ2v) is 5.82. The van der Waals surface area contributed by atoms with Crippen molar-refractivity contribution in [3.8, 4) is 0 Å². The zero-order chi connectivity index (χ0) is 15.6. The number of rotatable bonds is 7. The minimum absolute atomic E-state index is 0.0486. The molecule has 2 N–H and O–H groups in total. The third kappa shape index (κ3) is 10.9. The van der Waals surface area contributed by atoms with Crippen molar-refractivity contribution in [1.82, 2.24) is 9.47 Å². The van der Waals surface area contributed by atoms with Gasteiger partial charge in [-0.3, -0.25) is 4.90 Å². The van der Waals surface area contributed by atoms with Gasteiger partial charge in [0, 0.05) is 19.6 Å². The summed E-state index contributed by atoms with van der Waals surface area (Å²) in [5.74, 6) is -0.493. The zero-order valence-corrected chi connectivity index (χ0v) is 12.7. The van der Waals surface area contributed by atoms with E-state index in [4.69, 9.17) is 10.2 Å². The van der Waals surface area contributed by atoms with Crippen LogP contribution in [0.3, 0.4) is 0 Å². The standard InChI is InChI=1S/C6H15NO5S.C5H9N2/c8-4-1-7(2-5-9)3-6-13(10,11)12;1-6-3-4-7(2)5-6/h8-9H,1-6H2,(H,10,11,12);3-5H,1-2H3/q;+1/p-1. The van der Waals surface area contributed by atoms with E-state index in [9.17, 15) is 13.0 Å². The molecule has 0 saturated carbocycles. The smallest absolute Gasteiger partial charge is 0.243 e. The van der Waals surface area contributed by atoms with Crippen LogP contribution in [0.5, 0.6) is 0 Å². The Kier molecular flexibility index (Phi) is 9.34. The van der Waals surface area contributed by atoms with Crippen molar-refractivity contribution < 1.29 is 27.8 Å². The molecule has 0 unspecified atom stereocenters. The summed E-state index contributed by atoms with van der Waals surface area (Å²) in [6, 6.07) is 0. The van der Waals surface area contributed by atoms with Crippen LogP contribution in [0.15, 0.2) is 18.7 Å². The van der Waals surface area contributed by atoms with Crippen molar-refractivity contribution in [3.63, 3.8) is 0 Å². The van der Waals surface area contributed by atoms with Crippen LogP contribution in [0.1, 0.15) is 0 Å². The normalized spacial score (nSPS) is 11.3. The Hall–Kier alpha value is -1.00. The minimum Gasteiger partial charge on any atom is -0.748 e. The number of imidazole rings is 1. The SMILES string of the molecule is Cn1cc[n+](C)c1.O=S(=O)([O-])CCN(CCO)CCO. The zero-order valence-electron chi connectivity index (χ0n) is 11.8. The summed E-state index contributed by atoms with van der Waals surface area (Å²) in [5, 5.41) is 17.1. The summed E-state index contributed by atoms with van der Waals surface area (Å²) in [6.45, 7) is 0.316. The summed E-state index contributed by atoms with van der Waals surface area (Å²) in [4.78, 5) is 1.51. The molecule has 0 aliphatic carbocycles. The number of aryl methyl sites for hydroxylation is 2. The molecule has 0 aliphatic rings. The molecule has 20 heavy (non-hydrogen) atoms. The third-order valence-corrected chi connectivity index (χ3v) is 3.07. The van der Waals surface area contributed by atoms with Gasteiger partial charge in [-0.05, 0) is 0 Å². The van der Waals surface area contributed by atoms with Gasteiger partial charge in [-0.15, -0.1) is 0 Å². The number of nitrogens with zero attached hydrogens (tertiary/aromatic N) is 3. The summed E-state index contributed by atoms with van der Waals surface area (Å²) < 4.78 is 34.7. The minimum atomic E-state index is -4.21. The lowest BCUT2D eigenvalue weighted by molar-refractivity contribution is -0.670. The van der Waals surface area contributed by atoms with Gasteiger partial charge in [-0.25, -0.2) is 17.6 Å². The number of aliphatic hydroxyl groups is 2. The number of aromatic nitrogens is 2. The van der Waals surface area contributed by atoms with Crippen molar-refractivity contribution in [2.45, 2.75) is 0 Å². The van der Waals surface area contributed by atoms with Crippen molar-refractivity contribution in [3.05, 3.63) is 18.7 Å². The van der Waals surface area contributed by atoms with Crippen LogP contribution >= 0.6 is 0 Å². The van der Waals surface area contributed by atoms with Crippen LogP contribution in [-0.2, 0) is 24.2 Å². The molecule has 0 amide bonds. The first kappa shape index (κ1) is 19.0. The van der Waals surface area contributed by atoms with E-state index in [2.05, 4.69) is 0 Å². The molecule has 0 fully saturated rings. The van der Waals surface area contributed by atoms with E-state index in [1.54, 1.807) is 0 Å². The van der Waals surface area contributed by atoms with Gasteiger partial charge in [0.1, 0.15) is 12.4 Å². The van der Waals surface area contributed by atoms with Gasteiger partial charge in [-0.1, -0.05) is 0 Å². The molecule has 1 aromatic heterocycles. The molecule has 0 aliphatic heterocycles. The van der Waals surface area contributed by atoms with Crippen LogP contribution in [0, 0.1) is 0 Å². The molecule has 118 valence electrons. The summed E-state index contributed by atoms with van der Waals surface area (Å²) in [7, 11) is -0.211. The predicted octanol–water partition coefficient (Wildman–Crippen LogP) is -2.33. The number of aliphatic hydroxyl groups excluding tert-OH is 2. The van der Waals surface area contributed by atoms with Crippen molar-refractivity contribution in [1.29, 1.82) is 0 Å². The second kappa shape index (κ2) is 9.83. The van der Waals surface area contributed by atoms with Gasteiger partial charge < -0.3 is 14.8 Å². The fourth-order valence-electron chi connectivity index (χ4n) is 1.43. The molecule has 0 aromatic carbocycles. The van der Waals surface area contributed by atoms with Crippen molar-refractivity contribution in [2.75, 3.05) is 38.6 Å². The van der Waals surface area contributed by atoms with Gasteiger partial charge in [0.2, 0.25) is 6.33 Å². The highest BCUT2D eigenvalue weighted by Crippen LogP contribution is 1.90. The lowest BCUT2D eigenvalue weighted by Crippen LogP contribution is -2.34. The highest BCUT2D eigenvalue weighted by atomic mass is 32.2. The molecule has 0 atom stereocenters. The highest BCUT2D eigenvalue weighted by Gasteiger charge is 2.05. The first-order valence-corrected chi connectivity index (χ1v) is 7.71. The average molecular weight is 309 g/mol. The summed E-state index contributed by atoms with van der Waals surface area (Å²) in [6.07, 6.45) is 6.00. The largest absolute Gasteiger partial charge is 0.748 e. The quantitative estimate of drug-likeness (QED) is 0.432. The van der Waals surface area contributed by atoms with E-state index in [1.165, 1.54) is 4.90 Å². The molecular weight excluding hydrogens is 286 g/mol. The van der Waals surface area contributed by atoms with E-state index in [1.807, 2.05) is 42.0 Å². The lowest BCUT2D eigenvalue weighted by atomic mass is 10.5. The fourth-order valence-corrected chi connectivity index (χ4v) is 1.92. The molecule has 0 saturated heterocycles. The Morgan fingerprint density at radius 2 is 1.80 bits per heavy atom. The van der Waals surface area contributed by atoms with Gasteiger partial charge >= 0.3 is 0 Å². The highest BCUT2D eigenvalue weighted by molar-refractivity contribution is 7.85. The van der Waals surface area contributed by atoms with E-state index in [0.717, 1.165) is 0 Å². The van der Waals surface area contributed by atoms with Crippen LogP contribution in [0.4, 0.5) is 0 Å². The average Bonchev–Trinajstić information content (AvgIpc) is 2.70. The molecule has 1 aromatic rings. The van der Waals surface area contributed by atoms with Crippen molar-refractivity contribution >= 4 is 10.1 Å². The first-order valence-electron chi connectivity index (χ1n) is 6.13. The van der Waals surface area contributed by atoms with Crippen LogP contribution < -0.4 is 4.57 Å². The Balaban J connectivity index is 0.000000428. The molecular formula is C11H23N3O5S. The van der Waals surface area contributed by atoms with Gasteiger partial charge in [0.05, 0.1) is 43.2 Å². The van der Waals surface area contributed by atoms with Crippen LogP contribution in [0.25, 0.3) is 0 Å². The maximum atomic E-state index is 10.2. The lowest BCUT2D eigenvalue weighted by Gasteiger charge is -2.20. The van der Waals surface area contributed by atoms with E-state index in [0.29, 0.717) is 0 Å². The number of hydrogen-bond donors (Lipinski definition) is 2. The van der Waals surface area contributed by atoms with E-state index in [-0.39, 0.29) is 32.8 Å². The molecule has 1 rings (SSSR count). The first-order chi connectivity index (χ1) is 9.28. The Morgan fingerprint density at radius 3 is 2.05 bits per heavy atom. The molecule has 0 spiro atoms. The summed E-state index contributed by atoms with van der Waals surface area (Å²) >= 11 is 0. The predicted molar refractivity (Wildman–Crippen MR) is 71.8 cm³/mol. The molecule has 1 heterocycles. The molecule has 9 heteroatoms. The van der Waals surface area contributed by atoms with E-state index >= 15 is 0 Å². The van der Waals surface area contributed by atoms with Gasteiger partial charge in [0.15, 0.2) is 0 Å². The Labute approximate surface area is 119 Å². The molecule has 0 bridgehead atoms. The fraction of sp³-hybridized carbons (Fsp3) is 0.727. The van der Waals surface area contributed by atoms with Crippen molar-refractivity contribution in [2.24, 2.45) is 14.1 Å². The Bertz CT molecular complexity index is 438. The Morgan fingerprint density at radius 1 is 1.25 bits per heavy atom. The number of hydrogen-bond acceptors (Lipinski definition) is 6. The maximum Gasteiger partial charge on any atom is 0.243 e. The van der Waals surface area contributed by atoms with Gasteiger partial charge in [0.25, 0.3) is 0 Å². The monoisotopic (exact) mass is 309 g/mol. The summed E-state index contributed by atoms with van der Waals surface area (Å²) in [5.41, 5.74) is 0. The molecule has 0 radical (unpaired) electrons.